The summed E-state index contributed by atoms with van der Waals surface area (Å²) in [5.74, 6) is -2.68. The van der Waals surface area contributed by atoms with Gasteiger partial charge in [0.25, 0.3) is 5.91 Å². The van der Waals surface area contributed by atoms with E-state index in [9.17, 15) is 24.3 Å². The number of imide groups is 1. The van der Waals surface area contributed by atoms with E-state index in [4.69, 9.17) is 16.2 Å². The van der Waals surface area contributed by atoms with E-state index in [1.807, 2.05) is 74.5 Å². The molecule has 0 spiro atoms. The van der Waals surface area contributed by atoms with Gasteiger partial charge in [0.05, 0.1) is 17.8 Å². The van der Waals surface area contributed by atoms with Gasteiger partial charge in [0.1, 0.15) is 11.6 Å². The number of hydrogen-bond acceptors (Lipinski definition) is 8. The summed E-state index contributed by atoms with van der Waals surface area (Å²) in [4.78, 5) is 56.5. The zero-order chi connectivity index (χ0) is 36.3. The molecule has 0 aliphatic heterocycles. The van der Waals surface area contributed by atoms with Crippen molar-refractivity contribution in [1.29, 1.82) is 0 Å². The Kier molecular flexibility index (Phi) is 14.2. The number of nitrogens with zero attached hydrogens (tertiary/aromatic N) is 1. The molecular weight excluding hydrogens is 620 g/mol. The summed E-state index contributed by atoms with van der Waals surface area (Å²) in [7, 11) is 0. The van der Waals surface area contributed by atoms with Crippen molar-refractivity contribution in [3.05, 3.63) is 102 Å². The number of rotatable bonds is 15. The fraction of sp³-hybridized carbons (Fsp3) is 0.436. The lowest BCUT2D eigenvalue weighted by atomic mass is 9.88. The minimum absolute atomic E-state index is 0.0423. The molecule has 10 heteroatoms. The summed E-state index contributed by atoms with van der Waals surface area (Å²) in [5.41, 5.74) is 13.8. The lowest BCUT2D eigenvalue weighted by Crippen LogP contribution is -2.53. The van der Waals surface area contributed by atoms with Gasteiger partial charge in [-0.2, -0.15) is 0 Å². The Morgan fingerprint density at radius 2 is 1.31 bits per heavy atom. The third-order valence-electron chi connectivity index (χ3n) is 8.03. The van der Waals surface area contributed by atoms with Crippen LogP contribution in [-0.4, -0.2) is 58.6 Å². The Balaban J connectivity index is 2.08. The summed E-state index contributed by atoms with van der Waals surface area (Å²) < 4.78 is 5.37. The number of aliphatic hydroxyl groups is 1. The molecule has 0 unspecified atom stereocenters. The number of ether oxygens (including phenoxy) is 1. The van der Waals surface area contributed by atoms with Crippen LogP contribution in [0.3, 0.4) is 0 Å². The first-order valence-corrected chi connectivity index (χ1v) is 16.8. The molecule has 3 rings (SSSR count). The van der Waals surface area contributed by atoms with Crippen LogP contribution in [-0.2, 0) is 27.2 Å². The highest BCUT2D eigenvalue weighted by molar-refractivity contribution is 6.21. The Labute approximate surface area is 290 Å². The lowest BCUT2D eigenvalue weighted by Gasteiger charge is -2.32. The van der Waals surface area contributed by atoms with Gasteiger partial charge >= 0.3 is 6.09 Å². The van der Waals surface area contributed by atoms with Crippen molar-refractivity contribution in [2.75, 3.05) is 4.90 Å². The van der Waals surface area contributed by atoms with E-state index in [0.717, 1.165) is 16.0 Å². The fourth-order valence-electron chi connectivity index (χ4n) is 5.62. The smallest absolute Gasteiger partial charge is 0.408 e. The Morgan fingerprint density at radius 3 is 1.86 bits per heavy atom. The minimum Gasteiger partial charge on any atom is -0.444 e. The predicted molar refractivity (Wildman–Crippen MR) is 192 cm³/mol. The maximum absolute atomic E-state index is 14.8. The van der Waals surface area contributed by atoms with Crippen molar-refractivity contribution in [3.8, 4) is 0 Å². The van der Waals surface area contributed by atoms with Gasteiger partial charge in [0.2, 0.25) is 5.91 Å². The second-order valence-electron chi connectivity index (χ2n) is 14.0. The number of ketones is 1. The number of alkyl carbamates (subject to hydrolysis) is 1. The third kappa shape index (κ3) is 11.9. The van der Waals surface area contributed by atoms with Crippen LogP contribution in [0.1, 0.15) is 75.9 Å². The van der Waals surface area contributed by atoms with Gasteiger partial charge in [-0.05, 0) is 82.6 Å². The SMILES string of the molecule is CC(C)C[C@H](N)C(=O)c1ccccc1N(C(=O)[C@H](Cc1ccccc1)C[C@H](O)[C@@H](N)Cc1ccccc1)C(=O)[C@H](C)NC(=O)OC(C)(C)C. The number of para-hydroxylation sites is 1. The number of aliphatic hydroxyl groups excluding tert-OH is 1. The molecule has 264 valence electrons. The molecule has 3 amide bonds. The van der Waals surface area contributed by atoms with Crippen molar-refractivity contribution < 1.29 is 29.0 Å². The largest absolute Gasteiger partial charge is 0.444 e. The van der Waals surface area contributed by atoms with Crippen LogP contribution in [0, 0.1) is 11.8 Å². The topological polar surface area (TPSA) is 165 Å². The number of nitrogens with one attached hydrogen (secondary N) is 1. The van der Waals surface area contributed by atoms with Crippen LogP contribution in [0.2, 0.25) is 0 Å². The molecule has 0 radical (unpaired) electrons. The van der Waals surface area contributed by atoms with E-state index in [2.05, 4.69) is 5.32 Å². The van der Waals surface area contributed by atoms with Gasteiger partial charge in [0.15, 0.2) is 5.78 Å². The second kappa shape index (κ2) is 17.9. The number of anilines is 1. The lowest BCUT2D eigenvalue weighted by molar-refractivity contribution is -0.130. The van der Waals surface area contributed by atoms with E-state index in [1.54, 1.807) is 32.9 Å². The zero-order valence-electron chi connectivity index (χ0n) is 29.5. The summed E-state index contributed by atoms with van der Waals surface area (Å²) in [6.07, 6.45) is -1.07. The molecule has 49 heavy (non-hydrogen) atoms. The molecule has 3 aromatic carbocycles. The van der Waals surface area contributed by atoms with Gasteiger partial charge < -0.3 is 26.6 Å². The number of carbonyl (C=O) groups is 4. The molecule has 3 aromatic rings. The van der Waals surface area contributed by atoms with E-state index in [-0.39, 0.29) is 30.0 Å². The first kappa shape index (κ1) is 39.1. The number of hydrogen-bond donors (Lipinski definition) is 4. The van der Waals surface area contributed by atoms with E-state index in [0.29, 0.717) is 12.8 Å². The number of carbonyl (C=O) groups excluding carboxylic acids is 4. The fourth-order valence-corrected chi connectivity index (χ4v) is 5.62. The highest BCUT2D eigenvalue weighted by Gasteiger charge is 2.38. The average Bonchev–Trinajstić information content (AvgIpc) is 3.04. The van der Waals surface area contributed by atoms with Crippen molar-refractivity contribution in [1.82, 2.24) is 5.32 Å². The quantitative estimate of drug-likeness (QED) is 0.160. The standard InChI is InChI=1S/C39H52N4O6/c1-25(2)21-32(41)35(45)30-19-13-14-20-33(30)43(36(46)26(3)42-38(48)49-39(4,5)6)37(47)29(22-27-15-9-7-10-16-27)24-34(44)31(40)23-28-17-11-8-12-18-28/h7-20,25-26,29,31-32,34,44H,21-24,40-41H2,1-6H3,(H,42,48)/t26-,29+,31-,32-,34-/m0/s1. The van der Waals surface area contributed by atoms with E-state index >= 15 is 0 Å². The zero-order valence-corrected chi connectivity index (χ0v) is 29.5. The number of Topliss-reactive ketones (excluding diaryl/α,β-unsaturated/α-hetero) is 1. The van der Waals surface area contributed by atoms with Crippen LogP contribution < -0.4 is 21.7 Å². The molecule has 0 fully saturated rings. The maximum Gasteiger partial charge on any atom is 0.408 e. The van der Waals surface area contributed by atoms with Crippen LogP contribution in [0.5, 0.6) is 0 Å². The number of benzene rings is 3. The third-order valence-corrected chi connectivity index (χ3v) is 8.03. The van der Waals surface area contributed by atoms with Crippen molar-refractivity contribution in [2.45, 2.75) is 97.1 Å². The molecule has 5 atom stereocenters. The first-order valence-electron chi connectivity index (χ1n) is 16.8. The van der Waals surface area contributed by atoms with Gasteiger partial charge in [-0.1, -0.05) is 86.6 Å². The molecule has 0 saturated heterocycles. The summed E-state index contributed by atoms with van der Waals surface area (Å²) in [6, 6.07) is 22.3. The molecule has 0 aromatic heterocycles. The summed E-state index contributed by atoms with van der Waals surface area (Å²) >= 11 is 0. The molecule has 0 aliphatic carbocycles. The molecule has 0 bridgehead atoms. The number of amides is 3. The second-order valence-corrected chi connectivity index (χ2v) is 14.0. The summed E-state index contributed by atoms with van der Waals surface area (Å²) in [6.45, 7) is 10.4. The summed E-state index contributed by atoms with van der Waals surface area (Å²) in [5, 5.41) is 13.9. The van der Waals surface area contributed by atoms with Crippen molar-refractivity contribution in [2.24, 2.45) is 23.3 Å². The monoisotopic (exact) mass is 672 g/mol. The van der Waals surface area contributed by atoms with E-state index < -0.39 is 59.4 Å². The van der Waals surface area contributed by atoms with E-state index in [1.165, 1.54) is 19.1 Å². The van der Waals surface area contributed by atoms with Gasteiger partial charge in [-0.25, -0.2) is 9.69 Å². The average molecular weight is 673 g/mol. The maximum atomic E-state index is 14.8. The normalized spacial score (nSPS) is 14.7. The molecule has 0 heterocycles. The molecule has 0 aliphatic rings. The highest BCUT2D eigenvalue weighted by atomic mass is 16.6. The van der Waals surface area contributed by atoms with Gasteiger partial charge in [-0.3, -0.25) is 14.4 Å². The highest BCUT2D eigenvalue weighted by Crippen LogP contribution is 2.29. The Morgan fingerprint density at radius 1 is 0.776 bits per heavy atom. The molecular formula is C39H52N4O6. The minimum atomic E-state index is -1.23. The van der Waals surface area contributed by atoms with Crippen LogP contribution >= 0.6 is 0 Å². The Bertz CT molecular complexity index is 1540. The first-order chi connectivity index (χ1) is 23.1. The molecule has 10 nitrogen and oxygen atoms in total. The van der Waals surface area contributed by atoms with Crippen LogP contribution in [0.4, 0.5) is 10.5 Å². The number of nitrogens with two attached hydrogens (primary N) is 2. The van der Waals surface area contributed by atoms with Crippen LogP contribution in [0.15, 0.2) is 84.9 Å². The van der Waals surface area contributed by atoms with Crippen molar-refractivity contribution in [3.63, 3.8) is 0 Å². The molecule has 6 N–H and O–H groups in total. The Hall–Kier alpha value is -4.38. The van der Waals surface area contributed by atoms with Crippen molar-refractivity contribution >= 4 is 29.4 Å². The predicted octanol–water partition coefficient (Wildman–Crippen LogP) is 5.20. The van der Waals surface area contributed by atoms with Gasteiger partial charge in [-0.15, -0.1) is 0 Å². The molecule has 0 saturated carbocycles. The van der Waals surface area contributed by atoms with Crippen LogP contribution in [0.25, 0.3) is 0 Å². The van der Waals surface area contributed by atoms with Gasteiger partial charge in [0, 0.05) is 17.5 Å².